The third-order valence-electron chi connectivity index (χ3n) is 1.75. The van der Waals surface area contributed by atoms with E-state index in [0.717, 1.165) is 0 Å². The van der Waals surface area contributed by atoms with Crippen LogP contribution in [-0.4, -0.2) is 36.3 Å². The number of hydrogen-bond acceptors (Lipinski definition) is 4. The van der Waals surface area contributed by atoms with Gasteiger partial charge in [0.2, 0.25) is 0 Å². The SMILES string of the molecule is CC(=O)C=CN(C)C1CONC1=O.[H-].[Na+]. The zero-order valence-electron chi connectivity index (χ0n) is 9.61. The number of carbonyl (C=O) groups is 2. The molecule has 1 heterocycles. The molecule has 0 radical (unpaired) electrons. The predicted molar refractivity (Wildman–Crippen MR) is 46.6 cm³/mol. The molecule has 1 amide bonds. The van der Waals surface area contributed by atoms with Crippen molar-refractivity contribution in [3.05, 3.63) is 12.3 Å². The molecule has 5 nitrogen and oxygen atoms in total. The molecular weight excluding hydrogens is 195 g/mol. The third kappa shape index (κ3) is 3.79. The summed E-state index contributed by atoms with van der Waals surface area (Å²) < 4.78 is 0. The van der Waals surface area contributed by atoms with Gasteiger partial charge in [-0.25, -0.2) is 5.48 Å². The van der Waals surface area contributed by atoms with Crippen molar-refractivity contribution in [1.82, 2.24) is 10.4 Å². The van der Waals surface area contributed by atoms with E-state index >= 15 is 0 Å². The van der Waals surface area contributed by atoms with Crippen LogP contribution in [0.15, 0.2) is 12.3 Å². The number of hydroxylamine groups is 1. The van der Waals surface area contributed by atoms with E-state index in [1.165, 1.54) is 13.0 Å². The van der Waals surface area contributed by atoms with Gasteiger partial charge in [0.05, 0.1) is 0 Å². The Morgan fingerprint density at radius 2 is 2.43 bits per heavy atom. The van der Waals surface area contributed by atoms with Gasteiger partial charge >= 0.3 is 29.6 Å². The van der Waals surface area contributed by atoms with E-state index in [4.69, 9.17) is 4.84 Å². The monoisotopic (exact) mass is 208 g/mol. The van der Waals surface area contributed by atoms with Crippen molar-refractivity contribution in [2.75, 3.05) is 13.7 Å². The van der Waals surface area contributed by atoms with E-state index < -0.39 is 0 Å². The Morgan fingerprint density at radius 1 is 1.79 bits per heavy atom. The Kier molecular flexibility index (Phi) is 6.03. The summed E-state index contributed by atoms with van der Waals surface area (Å²) >= 11 is 0. The smallest absolute Gasteiger partial charge is 1.00 e. The van der Waals surface area contributed by atoms with Crippen molar-refractivity contribution in [3.63, 3.8) is 0 Å². The summed E-state index contributed by atoms with van der Waals surface area (Å²) in [5.74, 6) is -0.234. The number of hydrogen-bond donors (Lipinski definition) is 1. The molecule has 1 N–H and O–H groups in total. The molecule has 1 fully saturated rings. The van der Waals surface area contributed by atoms with Crippen LogP contribution < -0.4 is 35.0 Å². The zero-order valence-corrected chi connectivity index (χ0v) is 10.6. The summed E-state index contributed by atoms with van der Waals surface area (Å²) in [5, 5.41) is 0. The number of likely N-dealkylation sites (N-methyl/N-ethyl adjacent to an activating group) is 1. The number of allylic oxidation sites excluding steroid dienone is 1. The van der Waals surface area contributed by atoms with Gasteiger partial charge in [0.1, 0.15) is 12.6 Å². The van der Waals surface area contributed by atoms with Crippen LogP contribution in [0.3, 0.4) is 0 Å². The quantitative estimate of drug-likeness (QED) is 0.387. The Morgan fingerprint density at radius 3 is 2.86 bits per heavy atom. The first-order chi connectivity index (χ1) is 6.11. The van der Waals surface area contributed by atoms with Gasteiger partial charge in [-0.3, -0.25) is 14.4 Å². The number of nitrogens with zero attached hydrogens (tertiary/aromatic N) is 1. The van der Waals surface area contributed by atoms with Crippen LogP contribution in [0.25, 0.3) is 0 Å². The van der Waals surface area contributed by atoms with Gasteiger partial charge in [-0.05, 0) is 13.0 Å². The summed E-state index contributed by atoms with van der Waals surface area (Å²) in [6.45, 7) is 1.76. The molecule has 74 valence electrons. The molecule has 1 saturated heterocycles. The Balaban J connectivity index is 0. The van der Waals surface area contributed by atoms with Crippen molar-refractivity contribution < 1.29 is 45.4 Å². The number of carbonyl (C=O) groups excluding carboxylic acids is 2. The number of ketones is 1. The molecule has 0 bridgehead atoms. The summed E-state index contributed by atoms with van der Waals surface area (Å²) in [6.07, 6.45) is 2.98. The van der Waals surface area contributed by atoms with Gasteiger partial charge in [0.25, 0.3) is 5.91 Å². The van der Waals surface area contributed by atoms with Gasteiger partial charge in [-0.2, -0.15) is 0 Å². The third-order valence-corrected chi connectivity index (χ3v) is 1.75. The van der Waals surface area contributed by atoms with Crippen LogP contribution in [0.2, 0.25) is 0 Å². The molecule has 14 heavy (non-hydrogen) atoms. The molecule has 0 saturated carbocycles. The van der Waals surface area contributed by atoms with Crippen molar-refractivity contribution in [2.45, 2.75) is 13.0 Å². The molecule has 1 atom stereocenters. The molecule has 6 heteroatoms. The average Bonchev–Trinajstić information content (AvgIpc) is 2.47. The minimum atomic E-state index is -0.337. The van der Waals surface area contributed by atoms with Crippen LogP contribution >= 0.6 is 0 Å². The molecule has 0 aromatic heterocycles. The first kappa shape index (κ1) is 13.6. The second-order valence-corrected chi connectivity index (χ2v) is 2.88. The second-order valence-electron chi connectivity index (χ2n) is 2.88. The fourth-order valence-electron chi connectivity index (χ4n) is 0.964. The van der Waals surface area contributed by atoms with E-state index in [0.29, 0.717) is 6.61 Å². The Bertz CT molecular complexity index is 260. The van der Waals surface area contributed by atoms with E-state index in [2.05, 4.69) is 5.48 Å². The van der Waals surface area contributed by atoms with Gasteiger partial charge in [-0.1, -0.05) is 0 Å². The minimum Gasteiger partial charge on any atom is -1.00 e. The maximum absolute atomic E-state index is 11.1. The van der Waals surface area contributed by atoms with Gasteiger partial charge in [0, 0.05) is 13.2 Å². The molecule has 0 aromatic rings. The largest absolute Gasteiger partial charge is 1.00 e. The molecule has 1 unspecified atom stereocenters. The van der Waals surface area contributed by atoms with Gasteiger partial charge in [-0.15, -0.1) is 0 Å². The van der Waals surface area contributed by atoms with Crippen molar-refractivity contribution in [2.24, 2.45) is 0 Å². The van der Waals surface area contributed by atoms with Crippen LogP contribution in [-0.2, 0) is 14.4 Å². The average molecular weight is 208 g/mol. The fraction of sp³-hybridized carbons (Fsp3) is 0.500. The van der Waals surface area contributed by atoms with Crippen molar-refractivity contribution >= 4 is 11.7 Å². The number of nitrogens with one attached hydrogen (secondary N) is 1. The molecule has 0 spiro atoms. The Labute approximate surface area is 106 Å². The maximum atomic E-state index is 11.1. The van der Waals surface area contributed by atoms with Crippen LogP contribution in [0.1, 0.15) is 8.35 Å². The van der Waals surface area contributed by atoms with Crippen LogP contribution in [0, 0.1) is 0 Å². The number of rotatable bonds is 3. The van der Waals surface area contributed by atoms with Gasteiger partial charge < -0.3 is 6.33 Å². The summed E-state index contributed by atoms with van der Waals surface area (Å²) in [5.41, 5.74) is 2.24. The van der Waals surface area contributed by atoms with Crippen LogP contribution in [0.5, 0.6) is 0 Å². The first-order valence-corrected chi connectivity index (χ1v) is 3.93. The van der Waals surface area contributed by atoms with E-state index in [1.54, 1.807) is 18.1 Å². The Hall–Kier alpha value is -0.360. The van der Waals surface area contributed by atoms with Crippen molar-refractivity contribution in [1.29, 1.82) is 0 Å². The topological polar surface area (TPSA) is 58.6 Å². The maximum Gasteiger partial charge on any atom is 1.00 e. The van der Waals surface area contributed by atoms with Crippen LogP contribution in [0.4, 0.5) is 0 Å². The van der Waals surface area contributed by atoms with E-state index in [-0.39, 0.29) is 48.7 Å². The normalized spacial score (nSPS) is 20.4. The molecule has 0 aliphatic carbocycles. The summed E-state index contributed by atoms with van der Waals surface area (Å²) in [7, 11) is 1.72. The molecule has 1 aliphatic heterocycles. The standard InChI is InChI=1S/C8H12N2O3.Na.H/c1-6(11)3-4-10(2)7-5-13-9-8(7)12;;/h3-4,7H,5H2,1-2H3,(H,9,12);;/q;+1;-1. The molecule has 0 aromatic carbocycles. The molecule has 1 rings (SSSR count). The molecule has 1 aliphatic rings. The van der Waals surface area contributed by atoms with Gasteiger partial charge in [0.15, 0.2) is 5.78 Å². The zero-order chi connectivity index (χ0) is 9.84. The first-order valence-electron chi connectivity index (χ1n) is 3.93. The van der Waals surface area contributed by atoms with E-state index in [9.17, 15) is 9.59 Å². The summed E-state index contributed by atoms with van der Waals surface area (Å²) in [6, 6.07) is -0.337. The van der Waals surface area contributed by atoms with Crippen molar-refractivity contribution in [3.8, 4) is 0 Å². The summed E-state index contributed by atoms with van der Waals surface area (Å²) in [4.78, 5) is 28.0. The predicted octanol–water partition coefficient (Wildman–Crippen LogP) is -3.43. The molecular formula is C8H13N2NaO3. The second kappa shape index (κ2) is 6.19. The van der Waals surface area contributed by atoms with E-state index in [1.807, 2.05) is 0 Å². The number of amides is 1. The minimum absolute atomic E-state index is 0. The fourth-order valence-corrected chi connectivity index (χ4v) is 0.964.